The summed E-state index contributed by atoms with van der Waals surface area (Å²) < 4.78 is 0. The number of aromatic nitrogens is 1. The fourth-order valence-corrected chi connectivity index (χ4v) is 2.98. The molecule has 0 bridgehead atoms. The third kappa shape index (κ3) is 3.31. The molecule has 1 N–H and O–H groups in total. The number of benzene rings is 2. The van der Waals surface area contributed by atoms with Gasteiger partial charge >= 0.3 is 0 Å². The minimum atomic E-state index is 0.850. The van der Waals surface area contributed by atoms with Crippen molar-refractivity contribution in [1.29, 1.82) is 0 Å². The van der Waals surface area contributed by atoms with Crippen molar-refractivity contribution in [2.24, 2.45) is 0 Å². The second-order valence-corrected chi connectivity index (χ2v) is 6.09. The molecule has 2 nitrogen and oxygen atoms in total. The number of nitrogens with one attached hydrogen (secondary N) is 1. The number of anilines is 1. The van der Waals surface area contributed by atoms with Crippen molar-refractivity contribution in [3.05, 3.63) is 70.7 Å². The van der Waals surface area contributed by atoms with E-state index in [0.29, 0.717) is 0 Å². The Labute approximate surface area is 129 Å². The standard InChI is InChI=1S/C18H18N2S/c1-13-3-4-16(14(2)11-13)12-20-17-7-5-15(6-8-17)18-19-9-10-21-18/h3-11,20H,12H2,1-2H3. The lowest BCUT2D eigenvalue weighted by atomic mass is 10.1. The Hall–Kier alpha value is -2.13. The van der Waals surface area contributed by atoms with Gasteiger partial charge in [0.05, 0.1) is 0 Å². The normalized spacial score (nSPS) is 10.6. The lowest BCUT2D eigenvalue weighted by Gasteiger charge is -2.10. The third-order valence-electron chi connectivity index (χ3n) is 3.55. The van der Waals surface area contributed by atoms with E-state index in [4.69, 9.17) is 0 Å². The molecule has 106 valence electrons. The number of aryl methyl sites for hydroxylation is 2. The molecule has 0 unspecified atom stereocenters. The average Bonchev–Trinajstić information content (AvgIpc) is 3.01. The summed E-state index contributed by atoms with van der Waals surface area (Å²) in [6.07, 6.45) is 1.84. The Morgan fingerprint density at radius 2 is 1.86 bits per heavy atom. The van der Waals surface area contributed by atoms with Crippen LogP contribution in [0.4, 0.5) is 5.69 Å². The smallest absolute Gasteiger partial charge is 0.123 e. The van der Waals surface area contributed by atoms with Gasteiger partial charge in [0.2, 0.25) is 0 Å². The minimum Gasteiger partial charge on any atom is -0.381 e. The Bertz CT molecular complexity index is 715. The lowest BCUT2D eigenvalue weighted by Crippen LogP contribution is -2.01. The maximum absolute atomic E-state index is 4.33. The molecule has 0 radical (unpaired) electrons. The fraction of sp³-hybridized carbons (Fsp3) is 0.167. The molecule has 0 saturated carbocycles. The molecular formula is C18H18N2S. The monoisotopic (exact) mass is 294 g/mol. The van der Waals surface area contributed by atoms with E-state index >= 15 is 0 Å². The van der Waals surface area contributed by atoms with Gasteiger partial charge in [-0.3, -0.25) is 0 Å². The van der Waals surface area contributed by atoms with Crippen LogP contribution < -0.4 is 5.32 Å². The summed E-state index contributed by atoms with van der Waals surface area (Å²) in [5.74, 6) is 0. The predicted octanol–water partition coefficient (Wildman–Crippen LogP) is 5.04. The summed E-state index contributed by atoms with van der Waals surface area (Å²) in [5.41, 5.74) is 6.29. The molecule has 1 aromatic heterocycles. The van der Waals surface area contributed by atoms with Gasteiger partial charge in [-0.1, -0.05) is 23.8 Å². The van der Waals surface area contributed by atoms with E-state index in [1.807, 2.05) is 11.6 Å². The second-order valence-electron chi connectivity index (χ2n) is 5.20. The zero-order valence-corrected chi connectivity index (χ0v) is 13.1. The molecule has 3 aromatic rings. The highest BCUT2D eigenvalue weighted by molar-refractivity contribution is 7.13. The van der Waals surface area contributed by atoms with Crippen LogP contribution in [0.5, 0.6) is 0 Å². The quantitative estimate of drug-likeness (QED) is 0.729. The molecule has 0 atom stereocenters. The van der Waals surface area contributed by atoms with Crippen molar-refractivity contribution in [3.8, 4) is 10.6 Å². The first-order chi connectivity index (χ1) is 10.2. The first-order valence-electron chi connectivity index (χ1n) is 7.02. The molecular weight excluding hydrogens is 276 g/mol. The van der Waals surface area contributed by atoms with Crippen LogP contribution in [0.2, 0.25) is 0 Å². The molecule has 0 aliphatic heterocycles. The number of thiazole rings is 1. The maximum Gasteiger partial charge on any atom is 0.123 e. The zero-order chi connectivity index (χ0) is 14.7. The highest BCUT2D eigenvalue weighted by Gasteiger charge is 2.01. The summed E-state index contributed by atoms with van der Waals surface area (Å²) in [6, 6.07) is 15.0. The lowest BCUT2D eigenvalue weighted by molar-refractivity contribution is 1.11. The molecule has 3 rings (SSSR count). The fourth-order valence-electron chi connectivity index (χ4n) is 2.34. The number of rotatable bonds is 4. The predicted molar refractivity (Wildman–Crippen MR) is 90.8 cm³/mol. The van der Waals surface area contributed by atoms with Gasteiger partial charge in [-0.2, -0.15) is 0 Å². The van der Waals surface area contributed by atoms with Crippen molar-refractivity contribution in [1.82, 2.24) is 4.98 Å². The summed E-state index contributed by atoms with van der Waals surface area (Å²) in [7, 11) is 0. The Balaban J connectivity index is 1.68. The first kappa shape index (κ1) is 13.8. The minimum absolute atomic E-state index is 0.850. The summed E-state index contributed by atoms with van der Waals surface area (Å²) in [6.45, 7) is 5.14. The third-order valence-corrected chi connectivity index (χ3v) is 4.37. The van der Waals surface area contributed by atoms with E-state index in [9.17, 15) is 0 Å². The Morgan fingerprint density at radius 1 is 1.05 bits per heavy atom. The topological polar surface area (TPSA) is 24.9 Å². The van der Waals surface area contributed by atoms with Crippen molar-refractivity contribution in [3.63, 3.8) is 0 Å². The van der Waals surface area contributed by atoms with Crippen LogP contribution in [0.3, 0.4) is 0 Å². The van der Waals surface area contributed by atoms with Crippen molar-refractivity contribution in [2.75, 3.05) is 5.32 Å². The van der Waals surface area contributed by atoms with E-state index < -0.39 is 0 Å². The van der Waals surface area contributed by atoms with Gasteiger partial charge in [0, 0.05) is 29.4 Å². The number of hydrogen-bond acceptors (Lipinski definition) is 3. The van der Waals surface area contributed by atoms with Gasteiger partial charge in [0.1, 0.15) is 5.01 Å². The second kappa shape index (κ2) is 6.10. The van der Waals surface area contributed by atoms with E-state index in [0.717, 1.165) is 17.2 Å². The van der Waals surface area contributed by atoms with Crippen LogP contribution in [-0.4, -0.2) is 4.98 Å². The van der Waals surface area contributed by atoms with Crippen LogP contribution in [-0.2, 0) is 6.54 Å². The van der Waals surface area contributed by atoms with Gasteiger partial charge in [-0.15, -0.1) is 11.3 Å². The molecule has 0 amide bonds. The molecule has 3 heteroatoms. The molecule has 21 heavy (non-hydrogen) atoms. The van der Waals surface area contributed by atoms with Crippen LogP contribution >= 0.6 is 11.3 Å². The summed E-state index contributed by atoms with van der Waals surface area (Å²) in [4.78, 5) is 4.33. The van der Waals surface area contributed by atoms with Crippen LogP contribution in [0.15, 0.2) is 54.0 Å². The largest absolute Gasteiger partial charge is 0.381 e. The molecule has 0 fully saturated rings. The molecule has 0 aliphatic rings. The maximum atomic E-state index is 4.33. The zero-order valence-electron chi connectivity index (χ0n) is 12.3. The van der Waals surface area contributed by atoms with Crippen LogP contribution in [0.25, 0.3) is 10.6 Å². The summed E-state index contributed by atoms with van der Waals surface area (Å²) in [5, 5.41) is 6.54. The van der Waals surface area contributed by atoms with Crippen molar-refractivity contribution >= 4 is 17.0 Å². The molecule has 2 aromatic carbocycles. The van der Waals surface area contributed by atoms with Crippen molar-refractivity contribution < 1.29 is 0 Å². The van der Waals surface area contributed by atoms with Crippen LogP contribution in [0, 0.1) is 13.8 Å². The summed E-state index contributed by atoms with van der Waals surface area (Å²) >= 11 is 1.66. The molecule has 0 saturated heterocycles. The highest BCUT2D eigenvalue weighted by atomic mass is 32.1. The number of nitrogens with zero attached hydrogens (tertiary/aromatic N) is 1. The van der Waals surface area contributed by atoms with Gasteiger partial charge in [0.15, 0.2) is 0 Å². The van der Waals surface area contributed by atoms with Crippen LogP contribution in [0.1, 0.15) is 16.7 Å². The Morgan fingerprint density at radius 3 is 2.52 bits per heavy atom. The molecule has 1 heterocycles. The van der Waals surface area contributed by atoms with E-state index in [2.05, 4.69) is 66.6 Å². The SMILES string of the molecule is Cc1ccc(CNc2ccc(-c3nccs3)cc2)c(C)c1. The van der Waals surface area contributed by atoms with Crippen molar-refractivity contribution in [2.45, 2.75) is 20.4 Å². The highest BCUT2D eigenvalue weighted by Crippen LogP contribution is 2.23. The molecule has 0 aliphatic carbocycles. The first-order valence-corrected chi connectivity index (χ1v) is 7.90. The van der Waals surface area contributed by atoms with E-state index in [1.54, 1.807) is 11.3 Å². The van der Waals surface area contributed by atoms with E-state index in [-0.39, 0.29) is 0 Å². The van der Waals surface area contributed by atoms with Gasteiger partial charge in [-0.25, -0.2) is 4.98 Å². The average molecular weight is 294 g/mol. The number of hydrogen-bond donors (Lipinski definition) is 1. The van der Waals surface area contributed by atoms with Gasteiger partial charge in [0.25, 0.3) is 0 Å². The van der Waals surface area contributed by atoms with Gasteiger partial charge < -0.3 is 5.32 Å². The van der Waals surface area contributed by atoms with E-state index in [1.165, 1.54) is 22.3 Å². The van der Waals surface area contributed by atoms with Gasteiger partial charge in [-0.05, 0) is 49.2 Å². The Kier molecular flexibility index (Phi) is 4.02. The molecule has 0 spiro atoms.